The van der Waals surface area contributed by atoms with Crippen molar-refractivity contribution < 1.29 is 28.6 Å². The van der Waals surface area contributed by atoms with E-state index >= 15 is 0 Å². The summed E-state index contributed by atoms with van der Waals surface area (Å²) >= 11 is 0. The summed E-state index contributed by atoms with van der Waals surface area (Å²) in [5.41, 5.74) is 1.29. The van der Waals surface area contributed by atoms with Gasteiger partial charge in [0.2, 0.25) is 0 Å². The number of hydrogen-bond donors (Lipinski definition) is 1. The van der Waals surface area contributed by atoms with Crippen LogP contribution >= 0.6 is 0 Å². The molecule has 1 N–H and O–H groups in total. The summed E-state index contributed by atoms with van der Waals surface area (Å²) in [7, 11) is 0. The summed E-state index contributed by atoms with van der Waals surface area (Å²) in [5.74, 6) is 0.335. The molecule has 1 heterocycles. The first-order valence-electron chi connectivity index (χ1n) is 11.1. The van der Waals surface area contributed by atoms with Crippen molar-refractivity contribution in [2.75, 3.05) is 26.4 Å². The number of carbonyl (C=O) groups is 1. The minimum Gasteiger partial charge on any atom is -0.511 e. The van der Waals surface area contributed by atoms with Gasteiger partial charge in [-0.2, -0.15) is 0 Å². The van der Waals surface area contributed by atoms with Crippen LogP contribution in [0.1, 0.15) is 51.0 Å². The van der Waals surface area contributed by atoms with Crippen molar-refractivity contribution in [3.63, 3.8) is 0 Å². The lowest BCUT2D eigenvalue weighted by atomic mass is 9.75. The van der Waals surface area contributed by atoms with Crippen molar-refractivity contribution in [1.29, 1.82) is 0 Å². The van der Waals surface area contributed by atoms with Gasteiger partial charge in [0, 0.05) is 31.6 Å². The number of hydrogen-bond acceptors (Lipinski definition) is 6. The van der Waals surface area contributed by atoms with Crippen LogP contribution in [0.3, 0.4) is 0 Å². The molecule has 0 spiro atoms. The van der Waals surface area contributed by atoms with Crippen LogP contribution in [0.5, 0.6) is 0 Å². The Kier molecular flexibility index (Phi) is 9.03. The number of Topliss-reactive ketones (excluding diaryl/α,β-unsaturated/α-hetero) is 1. The van der Waals surface area contributed by atoms with Gasteiger partial charge in [-0.05, 0) is 37.2 Å². The Morgan fingerprint density at radius 3 is 2.68 bits per heavy atom. The molecule has 1 fully saturated rings. The maximum Gasteiger partial charge on any atom is 0.168 e. The fourth-order valence-corrected chi connectivity index (χ4v) is 4.24. The molecule has 2 aliphatic rings. The maximum atomic E-state index is 13.6. The molecule has 1 aliphatic carbocycles. The van der Waals surface area contributed by atoms with E-state index in [-0.39, 0.29) is 43.1 Å². The lowest BCUT2D eigenvalue weighted by Gasteiger charge is -2.33. The number of allylic oxidation sites excluding steroid dienone is 2. The van der Waals surface area contributed by atoms with Gasteiger partial charge >= 0.3 is 0 Å². The number of benzene rings is 1. The van der Waals surface area contributed by atoms with Crippen LogP contribution in [-0.2, 0) is 25.7 Å². The second-order valence-electron chi connectivity index (χ2n) is 8.13. The van der Waals surface area contributed by atoms with Gasteiger partial charge in [0.1, 0.15) is 18.2 Å². The van der Waals surface area contributed by atoms with E-state index in [0.717, 1.165) is 32.5 Å². The summed E-state index contributed by atoms with van der Waals surface area (Å²) in [4.78, 5) is 18.2. The van der Waals surface area contributed by atoms with Crippen molar-refractivity contribution in [2.24, 2.45) is 17.0 Å². The topological polar surface area (TPSA) is 77.3 Å². The highest BCUT2D eigenvalue weighted by atomic mass is 19.1. The van der Waals surface area contributed by atoms with Gasteiger partial charge in [-0.25, -0.2) is 4.39 Å². The van der Waals surface area contributed by atoms with E-state index in [1.54, 1.807) is 18.2 Å². The molecule has 1 aliphatic heterocycles. The van der Waals surface area contributed by atoms with E-state index in [4.69, 9.17) is 14.3 Å². The minimum atomic E-state index is -0.302. The molecule has 0 aromatic heterocycles. The Bertz CT molecular complexity index is 801. The van der Waals surface area contributed by atoms with E-state index < -0.39 is 0 Å². The van der Waals surface area contributed by atoms with Gasteiger partial charge < -0.3 is 19.4 Å². The highest BCUT2D eigenvalue weighted by Crippen LogP contribution is 2.36. The monoisotopic (exact) mass is 433 g/mol. The van der Waals surface area contributed by atoms with Crippen LogP contribution < -0.4 is 0 Å². The molecule has 1 atom stereocenters. The maximum absolute atomic E-state index is 13.6. The van der Waals surface area contributed by atoms with Crippen LogP contribution in [0.25, 0.3) is 0 Å². The average Bonchev–Trinajstić information content (AvgIpc) is 2.77. The number of ether oxygens (including phenoxy) is 2. The van der Waals surface area contributed by atoms with Crippen LogP contribution in [0.2, 0.25) is 0 Å². The van der Waals surface area contributed by atoms with Gasteiger partial charge in [-0.1, -0.05) is 36.7 Å². The second kappa shape index (κ2) is 12.0. The summed E-state index contributed by atoms with van der Waals surface area (Å²) < 4.78 is 24.4. The lowest BCUT2D eigenvalue weighted by Crippen LogP contribution is -2.31. The third kappa shape index (κ3) is 6.61. The Morgan fingerprint density at radius 1 is 1.19 bits per heavy atom. The predicted molar refractivity (Wildman–Crippen MR) is 115 cm³/mol. The Balaban J connectivity index is 1.54. The van der Waals surface area contributed by atoms with Crippen LogP contribution in [-0.4, -0.2) is 43.0 Å². The van der Waals surface area contributed by atoms with E-state index in [9.17, 15) is 14.3 Å². The van der Waals surface area contributed by atoms with Gasteiger partial charge in [-0.3, -0.25) is 4.79 Å². The minimum absolute atomic E-state index is 0.0631. The summed E-state index contributed by atoms with van der Waals surface area (Å²) in [5, 5.41) is 14.8. The Labute approximate surface area is 183 Å². The summed E-state index contributed by atoms with van der Waals surface area (Å²) in [6, 6.07) is 6.46. The summed E-state index contributed by atoms with van der Waals surface area (Å²) in [6.07, 6.45) is 4.13. The number of halogens is 1. The number of aliphatic hydroxyl groups excluding tert-OH is 1. The second-order valence-corrected chi connectivity index (χ2v) is 8.13. The SMILES string of the molecule is CCC/C(=N\OCCOCc1ccccc1F)C1=C(O)CC(C2CCOCC2)CC1=O. The van der Waals surface area contributed by atoms with Crippen molar-refractivity contribution >= 4 is 11.5 Å². The summed E-state index contributed by atoms with van der Waals surface area (Å²) in [6.45, 7) is 4.00. The zero-order chi connectivity index (χ0) is 22.1. The van der Waals surface area contributed by atoms with Crippen LogP contribution in [0.15, 0.2) is 40.8 Å². The molecule has 1 unspecified atom stereocenters. The first-order valence-corrected chi connectivity index (χ1v) is 11.1. The number of oxime groups is 1. The van der Waals surface area contributed by atoms with Gasteiger partial charge in [0.05, 0.1) is 24.5 Å². The molecular formula is C24H32FNO5. The van der Waals surface area contributed by atoms with Crippen LogP contribution in [0.4, 0.5) is 4.39 Å². The first-order chi connectivity index (χ1) is 15.1. The van der Waals surface area contributed by atoms with E-state index in [2.05, 4.69) is 5.16 Å². The molecule has 6 nitrogen and oxygen atoms in total. The molecule has 1 aromatic carbocycles. The third-order valence-electron chi connectivity index (χ3n) is 5.89. The molecule has 0 radical (unpaired) electrons. The molecule has 3 rings (SSSR count). The number of nitrogens with zero attached hydrogens (tertiary/aromatic N) is 1. The number of rotatable bonds is 10. The normalized spacial score (nSPS) is 20.9. The zero-order valence-corrected chi connectivity index (χ0v) is 18.1. The fourth-order valence-electron chi connectivity index (χ4n) is 4.24. The molecule has 0 bridgehead atoms. The van der Waals surface area contributed by atoms with Crippen molar-refractivity contribution in [1.82, 2.24) is 0 Å². The highest BCUT2D eigenvalue weighted by molar-refractivity contribution is 6.23. The first kappa shape index (κ1) is 23.4. The van der Waals surface area contributed by atoms with E-state index in [1.807, 2.05) is 6.92 Å². The Morgan fingerprint density at radius 2 is 1.97 bits per heavy atom. The lowest BCUT2D eigenvalue weighted by molar-refractivity contribution is -0.117. The van der Waals surface area contributed by atoms with Crippen molar-refractivity contribution in [3.8, 4) is 0 Å². The third-order valence-corrected chi connectivity index (χ3v) is 5.89. The number of ketones is 1. The largest absolute Gasteiger partial charge is 0.511 e. The molecular weight excluding hydrogens is 401 g/mol. The van der Waals surface area contributed by atoms with Gasteiger partial charge in [-0.15, -0.1) is 0 Å². The Hall–Kier alpha value is -2.25. The van der Waals surface area contributed by atoms with Crippen LogP contribution in [0, 0.1) is 17.7 Å². The predicted octanol–water partition coefficient (Wildman–Crippen LogP) is 4.73. The van der Waals surface area contributed by atoms with Gasteiger partial charge in [0.25, 0.3) is 0 Å². The zero-order valence-electron chi connectivity index (χ0n) is 18.1. The fraction of sp³-hybridized carbons (Fsp3) is 0.583. The standard InChI is InChI=1S/C24H32FNO5/c1-2-5-21(26-31-13-12-30-16-18-6-3-4-7-20(18)25)24-22(27)14-19(15-23(24)28)17-8-10-29-11-9-17/h3-4,6-7,17,19,27H,2,5,8-16H2,1H3/b26-21+. The molecule has 0 saturated carbocycles. The number of carbonyl (C=O) groups excluding carboxylic acids is 1. The van der Waals surface area contributed by atoms with Crippen molar-refractivity contribution in [2.45, 2.75) is 52.1 Å². The highest BCUT2D eigenvalue weighted by Gasteiger charge is 2.35. The van der Waals surface area contributed by atoms with E-state index in [1.165, 1.54) is 6.07 Å². The smallest absolute Gasteiger partial charge is 0.168 e. The van der Waals surface area contributed by atoms with Crippen molar-refractivity contribution in [3.05, 3.63) is 47.0 Å². The molecule has 1 saturated heterocycles. The quantitative estimate of drug-likeness (QED) is 0.328. The molecule has 31 heavy (non-hydrogen) atoms. The molecule has 1 aromatic rings. The molecule has 0 amide bonds. The average molecular weight is 434 g/mol. The number of aliphatic hydroxyl groups is 1. The van der Waals surface area contributed by atoms with Gasteiger partial charge in [0.15, 0.2) is 5.78 Å². The molecule has 7 heteroatoms. The van der Waals surface area contributed by atoms with E-state index in [0.29, 0.717) is 42.0 Å². The molecule has 170 valence electrons.